The van der Waals surface area contributed by atoms with Gasteiger partial charge in [0.1, 0.15) is 5.69 Å². The molecule has 0 bridgehead atoms. The first kappa shape index (κ1) is 33.7. The lowest BCUT2D eigenvalue weighted by atomic mass is 9.95. The first-order chi connectivity index (χ1) is 23.7. The van der Waals surface area contributed by atoms with Gasteiger partial charge in [0.15, 0.2) is 0 Å². The lowest BCUT2D eigenvalue weighted by molar-refractivity contribution is -0.155. The van der Waals surface area contributed by atoms with Gasteiger partial charge in [-0.3, -0.25) is 19.6 Å². The number of carbonyl (C=O) groups is 1. The molecule has 49 heavy (non-hydrogen) atoms. The molecular weight excluding hydrogens is 665 g/mol. The molecule has 0 amide bonds. The Bertz CT molecular complexity index is 1900. The van der Waals surface area contributed by atoms with Crippen molar-refractivity contribution in [1.29, 1.82) is 0 Å². The third-order valence-electron chi connectivity index (χ3n) is 10.0. The fourth-order valence-electron chi connectivity index (χ4n) is 7.16. The van der Waals surface area contributed by atoms with Crippen LogP contribution in [-0.2, 0) is 22.5 Å². The number of hydrogen-bond donors (Lipinski definition) is 1. The molecule has 2 aromatic heterocycles. The number of β-amino-alcohol motifs (C(OH)–C–C–N with tert-alkyl or cyclic N) is 1. The van der Waals surface area contributed by atoms with Crippen molar-refractivity contribution in [3.8, 4) is 45.4 Å². The second-order valence-corrected chi connectivity index (χ2v) is 13.6. The predicted molar refractivity (Wildman–Crippen MR) is 188 cm³/mol. The van der Waals surface area contributed by atoms with Crippen molar-refractivity contribution < 1.29 is 24.1 Å². The molecule has 0 unspecified atom stereocenters. The van der Waals surface area contributed by atoms with Crippen molar-refractivity contribution in [1.82, 2.24) is 24.8 Å². The van der Waals surface area contributed by atoms with E-state index in [1.165, 1.54) is 5.56 Å². The normalized spacial score (nSPS) is 20.8. The van der Waals surface area contributed by atoms with Gasteiger partial charge in [-0.2, -0.15) is 0 Å². The van der Waals surface area contributed by atoms with E-state index in [0.29, 0.717) is 71.5 Å². The molecule has 7 rings (SSSR count). The molecule has 1 aliphatic carbocycles. The highest BCUT2D eigenvalue weighted by Gasteiger charge is 2.42. The number of aliphatic hydroxyl groups excluding tert-OH is 1. The van der Waals surface area contributed by atoms with Crippen LogP contribution in [0.25, 0.3) is 33.6 Å². The SMILES string of the molecule is CCOC(=O)C1CN([C@H]2CCc3cc(-c4cccc(-c5cccc(-c6cnc(CN7C[C@@H](O)[C@@H]7C)c(OC)n6)c5Cl)c4Cl)nc(OC)c32)C1. The van der Waals surface area contributed by atoms with Gasteiger partial charge in [0.05, 0.1) is 60.5 Å². The Morgan fingerprint density at radius 2 is 1.57 bits per heavy atom. The lowest BCUT2D eigenvalue weighted by Gasteiger charge is -2.43. The number of benzene rings is 2. The van der Waals surface area contributed by atoms with Gasteiger partial charge in [-0.1, -0.05) is 59.6 Å². The smallest absolute Gasteiger partial charge is 0.311 e. The predicted octanol–water partition coefficient (Wildman–Crippen LogP) is 6.24. The Kier molecular flexibility index (Phi) is 9.51. The van der Waals surface area contributed by atoms with Gasteiger partial charge in [-0.15, -0.1) is 0 Å². The zero-order valence-corrected chi connectivity index (χ0v) is 29.5. The van der Waals surface area contributed by atoms with Gasteiger partial charge >= 0.3 is 5.97 Å². The number of aliphatic hydroxyl groups is 1. The van der Waals surface area contributed by atoms with Crippen molar-refractivity contribution in [3.05, 3.63) is 75.5 Å². The molecule has 0 radical (unpaired) electrons. The maximum atomic E-state index is 12.2. The molecule has 2 saturated heterocycles. The first-order valence-corrected chi connectivity index (χ1v) is 17.4. The summed E-state index contributed by atoms with van der Waals surface area (Å²) in [6.07, 6.45) is 3.17. The third-order valence-corrected chi connectivity index (χ3v) is 10.9. The molecule has 256 valence electrons. The van der Waals surface area contributed by atoms with Gasteiger partial charge in [-0.05, 0) is 38.3 Å². The molecule has 4 aromatic rings. The summed E-state index contributed by atoms with van der Waals surface area (Å²) in [5, 5.41) is 10.9. The lowest BCUT2D eigenvalue weighted by Crippen LogP contribution is -2.57. The molecule has 2 aliphatic heterocycles. The Balaban J connectivity index is 1.17. The van der Waals surface area contributed by atoms with E-state index in [2.05, 4.69) is 20.9 Å². The van der Waals surface area contributed by atoms with Crippen LogP contribution in [0.4, 0.5) is 0 Å². The van der Waals surface area contributed by atoms with Crippen molar-refractivity contribution >= 4 is 29.2 Å². The zero-order chi connectivity index (χ0) is 34.4. The highest BCUT2D eigenvalue weighted by molar-refractivity contribution is 6.39. The summed E-state index contributed by atoms with van der Waals surface area (Å²) in [6, 6.07) is 13.9. The average Bonchev–Trinajstić information content (AvgIpc) is 3.51. The van der Waals surface area contributed by atoms with Crippen molar-refractivity contribution in [2.75, 3.05) is 40.5 Å². The monoisotopic (exact) mass is 703 g/mol. The van der Waals surface area contributed by atoms with Crippen LogP contribution in [0.5, 0.6) is 11.8 Å². The van der Waals surface area contributed by atoms with Crippen LogP contribution in [0.1, 0.15) is 43.1 Å². The minimum Gasteiger partial charge on any atom is -0.481 e. The number of rotatable bonds is 10. The number of carbonyl (C=O) groups excluding carboxylic acids is 1. The van der Waals surface area contributed by atoms with E-state index in [4.69, 9.17) is 47.4 Å². The van der Waals surface area contributed by atoms with Crippen LogP contribution in [0, 0.1) is 5.92 Å². The number of fused-ring (bicyclic) bond motifs is 1. The van der Waals surface area contributed by atoms with E-state index >= 15 is 0 Å². The number of nitrogens with zero attached hydrogens (tertiary/aromatic N) is 5. The largest absolute Gasteiger partial charge is 0.481 e. The number of halogens is 2. The summed E-state index contributed by atoms with van der Waals surface area (Å²) in [4.78, 5) is 31.0. The molecule has 3 atom stereocenters. The highest BCUT2D eigenvalue weighted by Crippen LogP contribution is 2.47. The van der Waals surface area contributed by atoms with Crippen molar-refractivity contribution in [2.45, 2.75) is 51.4 Å². The van der Waals surface area contributed by atoms with E-state index in [-0.39, 0.29) is 30.1 Å². The number of pyridine rings is 1. The number of aryl methyl sites for hydroxylation is 1. The number of likely N-dealkylation sites (tertiary alicyclic amines) is 2. The molecule has 2 fully saturated rings. The van der Waals surface area contributed by atoms with E-state index in [9.17, 15) is 9.90 Å². The summed E-state index contributed by atoms with van der Waals surface area (Å²) in [5.74, 6) is 0.779. The van der Waals surface area contributed by atoms with Gasteiger partial charge in [0, 0.05) is 66.1 Å². The van der Waals surface area contributed by atoms with E-state index in [1.807, 2.05) is 50.2 Å². The van der Waals surface area contributed by atoms with Gasteiger partial charge in [-0.25, -0.2) is 9.97 Å². The summed E-state index contributed by atoms with van der Waals surface area (Å²) in [7, 11) is 3.21. The van der Waals surface area contributed by atoms with Gasteiger partial charge < -0.3 is 19.3 Å². The number of methoxy groups -OCH3 is 2. The highest BCUT2D eigenvalue weighted by atomic mass is 35.5. The van der Waals surface area contributed by atoms with Crippen LogP contribution in [0.3, 0.4) is 0 Å². The van der Waals surface area contributed by atoms with Crippen molar-refractivity contribution in [3.63, 3.8) is 0 Å². The van der Waals surface area contributed by atoms with Crippen LogP contribution >= 0.6 is 23.2 Å². The Morgan fingerprint density at radius 3 is 2.18 bits per heavy atom. The molecule has 10 nitrogen and oxygen atoms in total. The molecular formula is C37H39Cl2N5O5. The summed E-state index contributed by atoms with van der Waals surface area (Å²) < 4.78 is 16.7. The Labute approximate surface area is 296 Å². The maximum absolute atomic E-state index is 12.2. The summed E-state index contributed by atoms with van der Waals surface area (Å²) >= 11 is 14.3. The third kappa shape index (κ3) is 6.14. The van der Waals surface area contributed by atoms with E-state index in [1.54, 1.807) is 20.4 Å². The number of ether oxygens (including phenoxy) is 3. The fourth-order valence-corrected chi connectivity index (χ4v) is 7.81. The summed E-state index contributed by atoms with van der Waals surface area (Å²) in [6.45, 7) is 6.68. The maximum Gasteiger partial charge on any atom is 0.311 e. The number of esters is 1. The van der Waals surface area contributed by atoms with Gasteiger partial charge in [0.25, 0.3) is 0 Å². The van der Waals surface area contributed by atoms with E-state index < -0.39 is 0 Å². The van der Waals surface area contributed by atoms with Crippen LogP contribution in [-0.4, -0.2) is 88.4 Å². The molecule has 12 heteroatoms. The molecule has 0 spiro atoms. The van der Waals surface area contributed by atoms with E-state index in [0.717, 1.165) is 40.8 Å². The van der Waals surface area contributed by atoms with Crippen molar-refractivity contribution in [2.24, 2.45) is 5.92 Å². The zero-order valence-electron chi connectivity index (χ0n) is 28.0. The standard InChI is InChI=1S/C37H39Cl2N5O5/c1-5-49-37(46)22-16-44(17-22)30-13-12-21-14-27(41-36(48-4)32(21)30)25-10-6-8-23(33(25)38)24-9-7-11-26(34(24)39)28-15-40-29(35(42-28)47-3)18-43-19-31(45)20(43)2/h6-11,14-15,20,22,30-31,45H,5,12-13,16-19H2,1-4H3/t20-,30-,31+/m0/s1. The van der Waals surface area contributed by atoms with Crippen LogP contribution in [0.15, 0.2) is 48.7 Å². The number of hydrogen-bond acceptors (Lipinski definition) is 10. The molecule has 3 aliphatic rings. The minimum atomic E-state index is -0.332. The Hall–Kier alpha value is -3.80. The fraction of sp³-hybridized carbons (Fsp3) is 0.405. The van der Waals surface area contributed by atoms with Crippen LogP contribution < -0.4 is 9.47 Å². The topological polar surface area (TPSA) is 110 Å². The first-order valence-electron chi connectivity index (χ1n) is 16.6. The van der Waals surface area contributed by atoms with Gasteiger partial charge in [0.2, 0.25) is 11.8 Å². The molecule has 1 N–H and O–H groups in total. The quantitative estimate of drug-likeness (QED) is 0.191. The van der Waals surface area contributed by atoms with Crippen LogP contribution in [0.2, 0.25) is 10.0 Å². The summed E-state index contributed by atoms with van der Waals surface area (Å²) in [5.41, 5.74) is 7.23. The molecule has 0 saturated carbocycles. The minimum absolute atomic E-state index is 0.0559. The number of aromatic nitrogens is 3. The Morgan fingerprint density at radius 1 is 0.939 bits per heavy atom. The second kappa shape index (κ2) is 13.8. The molecule has 4 heterocycles. The average molecular weight is 705 g/mol. The molecule has 2 aromatic carbocycles. The second-order valence-electron chi connectivity index (χ2n) is 12.8.